The van der Waals surface area contributed by atoms with Gasteiger partial charge in [-0.2, -0.15) is 0 Å². The second-order valence-corrected chi connectivity index (χ2v) is 2.91. The minimum absolute atomic E-state index is 0.303. The van der Waals surface area contributed by atoms with E-state index in [4.69, 9.17) is 14.9 Å². The summed E-state index contributed by atoms with van der Waals surface area (Å²) in [6.45, 7) is -0.428. The largest absolute Gasteiger partial charge is 0.393 e. The predicted octanol–water partition coefficient (Wildman–Crippen LogP) is -0.284. The molecule has 0 amide bonds. The number of alkyl halides is 1. The highest BCUT2D eigenvalue weighted by atomic mass is 19.1. The number of halogens is 1. The molecule has 1 rings (SSSR count). The highest BCUT2D eigenvalue weighted by Crippen LogP contribution is 2.28. The van der Waals surface area contributed by atoms with Crippen molar-refractivity contribution in [1.82, 2.24) is 0 Å². The van der Waals surface area contributed by atoms with E-state index in [9.17, 15) is 4.39 Å². The van der Waals surface area contributed by atoms with Crippen LogP contribution >= 0.6 is 0 Å². The van der Waals surface area contributed by atoms with Gasteiger partial charge < -0.3 is 14.9 Å². The van der Waals surface area contributed by atoms with E-state index in [1.165, 1.54) is 0 Å². The van der Waals surface area contributed by atoms with Crippen LogP contribution in [0, 0.1) is 5.92 Å². The lowest BCUT2D eigenvalue weighted by Crippen LogP contribution is -2.41. The maximum absolute atomic E-state index is 13.4. The average Bonchev–Trinajstić information content (AvgIpc) is 2.55. The van der Waals surface area contributed by atoms with Crippen molar-refractivity contribution in [3.05, 3.63) is 0 Å². The van der Waals surface area contributed by atoms with Crippen molar-refractivity contribution in [2.24, 2.45) is 5.92 Å². The van der Waals surface area contributed by atoms with Crippen molar-refractivity contribution in [3.8, 4) is 0 Å². The smallest absolute Gasteiger partial charge is 0.161 e. The van der Waals surface area contributed by atoms with Crippen LogP contribution in [0.15, 0.2) is 0 Å². The lowest BCUT2D eigenvalue weighted by atomic mass is 9.90. The molecule has 1 aliphatic heterocycles. The van der Waals surface area contributed by atoms with E-state index in [-0.39, 0.29) is 5.92 Å². The van der Waals surface area contributed by atoms with Gasteiger partial charge in [0, 0.05) is 12.5 Å². The van der Waals surface area contributed by atoms with Crippen LogP contribution in [0.4, 0.5) is 4.39 Å². The van der Waals surface area contributed by atoms with Crippen molar-refractivity contribution in [1.29, 1.82) is 0 Å². The molecule has 11 heavy (non-hydrogen) atoms. The van der Waals surface area contributed by atoms with Crippen molar-refractivity contribution >= 4 is 0 Å². The topological polar surface area (TPSA) is 49.7 Å². The molecular formula is C7H13FO3. The summed E-state index contributed by atoms with van der Waals surface area (Å²) >= 11 is 0. The summed E-state index contributed by atoms with van der Waals surface area (Å²) in [4.78, 5) is 0. The molecular weight excluding hydrogens is 151 g/mol. The van der Waals surface area contributed by atoms with Crippen LogP contribution in [-0.2, 0) is 4.74 Å². The molecule has 66 valence electrons. The van der Waals surface area contributed by atoms with Crippen molar-refractivity contribution < 1.29 is 19.3 Å². The Kier molecular flexibility index (Phi) is 2.81. The van der Waals surface area contributed by atoms with Crippen LogP contribution in [0.5, 0.6) is 0 Å². The summed E-state index contributed by atoms with van der Waals surface area (Å²) < 4.78 is 18.3. The Morgan fingerprint density at radius 2 is 2.09 bits per heavy atom. The van der Waals surface area contributed by atoms with Gasteiger partial charge in [-0.25, -0.2) is 4.39 Å². The molecule has 1 saturated heterocycles. The number of aliphatic hydroxyl groups is 2. The van der Waals surface area contributed by atoms with E-state index >= 15 is 0 Å². The summed E-state index contributed by atoms with van der Waals surface area (Å²) in [6.07, 6.45) is 0.581. The minimum Gasteiger partial charge on any atom is -0.393 e. The number of rotatable bonds is 3. The maximum Gasteiger partial charge on any atom is 0.161 e. The van der Waals surface area contributed by atoms with Gasteiger partial charge in [-0.3, -0.25) is 0 Å². The van der Waals surface area contributed by atoms with Crippen molar-refractivity contribution in [2.45, 2.75) is 12.1 Å². The third-order valence-electron chi connectivity index (χ3n) is 2.19. The summed E-state index contributed by atoms with van der Waals surface area (Å²) in [5, 5.41) is 17.3. The van der Waals surface area contributed by atoms with Gasteiger partial charge in [-0.1, -0.05) is 0 Å². The molecule has 1 atom stereocenters. The van der Waals surface area contributed by atoms with Gasteiger partial charge in [-0.05, 0) is 6.42 Å². The molecule has 0 aromatic rings. The standard InChI is InChI=1S/C7H13FO3/c8-7(4-9,5-10)6-1-2-11-3-6/h6,9-10H,1-5H2/t6-/m1/s1. The molecule has 0 bridgehead atoms. The number of hydrogen-bond donors (Lipinski definition) is 2. The molecule has 0 aromatic heterocycles. The minimum atomic E-state index is -1.85. The fourth-order valence-electron chi connectivity index (χ4n) is 1.25. The molecule has 4 heteroatoms. The second kappa shape index (κ2) is 3.47. The Morgan fingerprint density at radius 3 is 2.45 bits per heavy atom. The summed E-state index contributed by atoms with van der Waals surface area (Å²) in [5.74, 6) is -0.350. The first kappa shape index (κ1) is 8.90. The predicted molar refractivity (Wildman–Crippen MR) is 36.9 cm³/mol. The van der Waals surface area contributed by atoms with E-state index < -0.39 is 18.9 Å². The molecule has 1 fully saturated rings. The van der Waals surface area contributed by atoms with E-state index in [2.05, 4.69) is 0 Å². The Balaban J connectivity index is 2.52. The molecule has 1 heterocycles. The van der Waals surface area contributed by atoms with Crippen molar-refractivity contribution in [2.75, 3.05) is 26.4 Å². The fraction of sp³-hybridized carbons (Fsp3) is 1.00. The zero-order valence-corrected chi connectivity index (χ0v) is 6.29. The number of hydrogen-bond acceptors (Lipinski definition) is 3. The SMILES string of the molecule is OCC(F)(CO)[C@@H]1CCOC1. The van der Waals surface area contributed by atoms with E-state index in [1.54, 1.807) is 0 Å². The van der Waals surface area contributed by atoms with Crippen molar-refractivity contribution in [3.63, 3.8) is 0 Å². The Morgan fingerprint density at radius 1 is 1.45 bits per heavy atom. The van der Waals surface area contributed by atoms with E-state index in [0.29, 0.717) is 19.6 Å². The second-order valence-electron chi connectivity index (χ2n) is 2.91. The van der Waals surface area contributed by atoms with Crippen LogP contribution in [0.3, 0.4) is 0 Å². The van der Waals surface area contributed by atoms with Gasteiger partial charge in [-0.15, -0.1) is 0 Å². The summed E-state index contributed by atoms with van der Waals surface area (Å²) in [5.41, 5.74) is -1.85. The van der Waals surface area contributed by atoms with Crippen LogP contribution < -0.4 is 0 Å². The molecule has 0 saturated carbocycles. The van der Waals surface area contributed by atoms with E-state index in [0.717, 1.165) is 0 Å². The van der Waals surface area contributed by atoms with Crippen LogP contribution in [-0.4, -0.2) is 42.3 Å². The fourth-order valence-corrected chi connectivity index (χ4v) is 1.25. The average molecular weight is 164 g/mol. The monoisotopic (exact) mass is 164 g/mol. The zero-order valence-electron chi connectivity index (χ0n) is 6.29. The van der Waals surface area contributed by atoms with Crippen LogP contribution in [0.1, 0.15) is 6.42 Å². The van der Waals surface area contributed by atoms with E-state index in [1.807, 2.05) is 0 Å². The lowest BCUT2D eigenvalue weighted by Gasteiger charge is -2.25. The Bertz CT molecular complexity index is 119. The molecule has 2 N–H and O–H groups in total. The van der Waals surface area contributed by atoms with Gasteiger partial charge in [0.15, 0.2) is 5.67 Å². The highest BCUT2D eigenvalue weighted by molar-refractivity contribution is 4.87. The molecule has 3 nitrogen and oxygen atoms in total. The number of ether oxygens (including phenoxy) is 1. The van der Waals surface area contributed by atoms with Gasteiger partial charge in [0.25, 0.3) is 0 Å². The first-order chi connectivity index (χ1) is 5.23. The molecule has 0 aliphatic carbocycles. The first-order valence-electron chi connectivity index (χ1n) is 3.71. The zero-order chi connectivity index (χ0) is 8.32. The molecule has 0 aromatic carbocycles. The third kappa shape index (κ3) is 1.69. The Hall–Kier alpha value is -0.190. The lowest BCUT2D eigenvalue weighted by molar-refractivity contribution is -0.0317. The Labute approximate surface area is 64.8 Å². The molecule has 0 radical (unpaired) electrons. The van der Waals surface area contributed by atoms with Crippen LogP contribution in [0.2, 0.25) is 0 Å². The van der Waals surface area contributed by atoms with Gasteiger partial charge in [0.2, 0.25) is 0 Å². The number of aliphatic hydroxyl groups excluding tert-OH is 2. The quantitative estimate of drug-likeness (QED) is 0.603. The van der Waals surface area contributed by atoms with Gasteiger partial charge in [0.1, 0.15) is 0 Å². The molecule has 0 unspecified atom stereocenters. The normalized spacial score (nSPS) is 25.9. The highest BCUT2D eigenvalue weighted by Gasteiger charge is 2.40. The van der Waals surface area contributed by atoms with Crippen LogP contribution in [0.25, 0.3) is 0 Å². The maximum atomic E-state index is 13.4. The third-order valence-corrected chi connectivity index (χ3v) is 2.19. The molecule has 0 spiro atoms. The van der Waals surface area contributed by atoms with Gasteiger partial charge >= 0.3 is 0 Å². The molecule has 1 aliphatic rings. The van der Waals surface area contributed by atoms with Gasteiger partial charge in [0.05, 0.1) is 19.8 Å². The summed E-state index contributed by atoms with van der Waals surface area (Å²) in [6, 6.07) is 0. The summed E-state index contributed by atoms with van der Waals surface area (Å²) in [7, 11) is 0. The first-order valence-corrected chi connectivity index (χ1v) is 3.71.